The molecule has 112 valence electrons. The fourth-order valence-corrected chi connectivity index (χ4v) is 1.60. The second kappa shape index (κ2) is 5.47. The lowest BCUT2D eigenvalue weighted by Gasteiger charge is -2.08. The van der Waals surface area contributed by atoms with Gasteiger partial charge in [0.15, 0.2) is 12.0 Å². The second-order valence-electron chi connectivity index (χ2n) is 4.04. The van der Waals surface area contributed by atoms with Gasteiger partial charge in [-0.3, -0.25) is 4.79 Å². The van der Waals surface area contributed by atoms with Gasteiger partial charge in [-0.1, -0.05) is 0 Å². The molecule has 0 fully saturated rings. The first kappa shape index (κ1) is 14.9. The quantitative estimate of drug-likeness (QED) is 0.815. The molecule has 1 heterocycles. The van der Waals surface area contributed by atoms with E-state index >= 15 is 0 Å². The normalized spacial score (nSPS) is 11.4. The summed E-state index contributed by atoms with van der Waals surface area (Å²) in [5, 5.41) is 0.0391. The number of fused-ring (bicyclic) bond motifs is 1. The molecule has 0 bridgehead atoms. The smallest absolute Gasteiger partial charge is 0.422 e. The largest absolute Gasteiger partial charge is 0.465 e. The van der Waals surface area contributed by atoms with Crippen molar-refractivity contribution in [1.29, 1.82) is 0 Å². The van der Waals surface area contributed by atoms with Crippen molar-refractivity contribution in [3.8, 4) is 5.95 Å². The van der Waals surface area contributed by atoms with E-state index in [0.717, 1.165) is 6.07 Å². The number of hydrogen-bond donors (Lipinski definition) is 0. The first-order valence-electron chi connectivity index (χ1n) is 5.66. The predicted octanol–water partition coefficient (Wildman–Crippen LogP) is 2.52. The monoisotopic (exact) mass is 302 g/mol. The van der Waals surface area contributed by atoms with Crippen LogP contribution in [0.1, 0.15) is 10.4 Å². The maximum atomic E-state index is 12.0. The van der Waals surface area contributed by atoms with E-state index in [-0.39, 0.29) is 16.5 Å². The first-order valence-corrected chi connectivity index (χ1v) is 5.66. The van der Waals surface area contributed by atoms with Crippen LogP contribution in [0.4, 0.5) is 13.2 Å². The Labute approximate surface area is 115 Å². The number of hydrogen-bond acceptors (Lipinski definition) is 5. The first-order chi connectivity index (χ1) is 9.80. The van der Waals surface area contributed by atoms with Crippen LogP contribution >= 0.6 is 0 Å². The molecule has 0 radical (unpaired) electrons. The third-order valence-corrected chi connectivity index (χ3v) is 2.50. The number of carbonyl (C=O) groups excluding carboxylic acids is 1. The summed E-state index contributed by atoms with van der Waals surface area (Å²) in [6, 6.07) is 4.63. The van der Waals surface area contributed by atoms with Gasteiger partial charge in [0.25, 0.3) is 5.95 Å². The van der Waals surface area contributed by atoms with Gasteiger partial charge in [0.1, 0.15) is 5.58 Å². The molecule has 8 heteroatoms. The minimum Gasteiger partial charge on any atom is -0.465 e. The van der Waals surface area contributed by atoms with E-state index in [9.17, 15) is 22.8 Å². The zero-order valence-corrected chi connectivity index (χ0v) is 10.7. The number of ether oxygens (including phenoxy) is 2. The van der Waals surface area contributed by atoms with Crippen LogP contribution in [0.3, 0.4) is 0 Å². The van der Waals surface area contributed by atoms with Gasteiger partial charge in [-0.2, -0.15) is 13.2 Å². The summed E-state index contributed by atoms with van der Waals surface area (Å²) >= 11 is 0. The van der Waals surface area contributed by atoms with E-state index in [1.54, 1.807) is 0 Å². The number of carbonyl (C=O) groups is 1. The molecule has 1 aromatic carbocycles. The highest BCUT2D eigenvalue weighted by Gasteiger charge is 2.29. The molecule has 0 amide bonds. The second-order valence-corrected chi connectivity index (χ2v) is 4.04. The highest BCUT2D eigenvalue weighted by Crippen LogP contribution is 2.21. The zero-order chi connectivity index (χ0) is 15.6. The standard InChI is InChI=1S/C13H9F3O5/c1-19-12(18)7-2-3-10-8(4-7)9(17)5-11(21-10)20-6-13(14,15)16/h2-5H,6H2,1H3. The van der Waals surface area contributed by atoms with Gasteiger partial charge in [-0.05, 0) is 18.2 Å². The molecule has 0 aliphatic heterocycles. The van der Waals surface area contributed by atoms with Crippen LogP contribution in [0.5, 0.6) is 5.95 Å². The average molecular weight is 302 g/mol. The van der Waals surface area contributed by atoms with E-state index < -0.39 is 30.1 Å². The Morgan fingerprint density at radius 2 is 2.00 bits per heavy atom. The van der Waals surface area contributed by atoms with Crippen molar-refractivity contribution in [1.82, 2.24) is 0 Å². The fourth-order valence-electron chi connectivity index (χ4n) is 1.60. The van der Waals surface area contributed by atoms with Crippen molar-refractivity contribution in [3.05, 3.63) is 40.1 Å². The van der Waals surface area contributed by atoms with Crippen LogP contribution in [0.25, 0.3) is 11.0 Å². The third kappa shape index (κ3) is 3.53. The van der Waals surface area contributed by atoms with Gasteiger partial charge in [-0.25, -0.2) is 4.79 Å². The fraction of sp³-hybridized carbons (Fsp3) is 0.231. The molecule has 1 aromatic heterocycles. The molecule has 0 aliphatic carbocycles. The molecule has 0 unspecified atom stereocenters. The predicted molar refractivity (Wildman–Crippen MR) is 65.4 cm³/mol. The van der Waals surface area contributed by atoms with E-state index in [4.69, 9.17) is 4.42 Å². The maximum absolute atomic E-state index is 12.0. The Hall–Kier alpha value is -2.51. The topological polar surface area (TPSA) is 65.7 Å². The molecule has 0 aliphatic rings. The van der Waals surface area contributed by atoms with Gasteiger partial charge in [0.05, 0.1) is 24.1 Å². The third-order valence-electron chi connectivity index (χ3n) is 2.50. The van der Waals surface area contributed by atoms with Crippen molar-refractivity contribution in [2.45, 2.75) is 6.18 Å². The molecular formula is C13H9F3O5. The van der Waals surface area contributed by atoms with Gasteiger partial charge in [0, 0.05) is 0 Å². The Morgan fingerprint density at radius 1 is 1.29 bits per heavy atom. The summed E-state index contributed by atoms with van der Waals surface area (Å²) < 4.78 is 50.0. The summed E-state index contributed by atoms with van der Waals surface area (Å²) in [7, 11) is 1.18. The number of halogens is 3. The molecule has 21 heavy (non-hydrogen) atoms. The zero-order valence-electron chi connectivity index (χ0n) is 10.7. The summed E-state index contributed by atoms with van der Waals surface area (Å²) in [4.78, 5) is 23.2. The lowest BCUT2D eigenvalue weighted by molar-refractivity contribution is -0.156. The Morgan fingerprint density at radius 3 is 2.62 bits per heavy atom. The molecule has 0 atom stereocenters. The van der Waals surface area contributed by atoms with Crippen molar-refractivity contribution in [2.24, 2.45) is 0 Å². The Balaban J connectivity index is 2.39. The van der Waals surface area contributed by atoms with Crippen molar-refractivity contribution < 1.29 is 31.9 Å². The van der Waals surface area contributed by atoms with Crippen LogP contribution in [0.2, 0.25) is 0 Å². The molecule has 0 N–H and O–H groups in total. The summed E-state index contributed by atoms with van der Waals surface area (Å²) in [5.41, 5.74) is -0.493. The Kier molecular flexibility index (Phi) is 3.88. The van der Waals surface area contributed by atoms with E-state index in [0.29, 0.717) is 0 Å². The van der Waals surface area contributed by atoms with Gasteiger partial charge in [-0.15, -0.1) is 0 Å². The Bertz CT molecular complexity index is 733. The van der Waals surface area contributed by atoms with Gasteiger partial charge >= 0.3 is 12.1 Å². The summed E-state index contributed by atoms with van der Waals surface area (Å²) in [5.74, 6) is -1.19. The minimum atomic E-state index is -4.54. The molecule has 0 saturated heterocycles. The number of benzene rings is 1. The summed E-state index contributed by atoms with van der Waals surface area (Å²) in [6.07, 6.45) is -4.54. The number of esters is 1. The molecule has 2 aromatic rings. The lowest BCUT2D eigenvalue weighted by Crippen LogP contribution is -2.19. The van der Waals surface area contributed by atoms with Gasteiger partial charge < -0.3 is 13.9 Å². The van der Waals surface area contributed by atoms with E-state index in [1.807, 2.05) is 0 Å². The van der Waals surface area contributed by atoms with Crippen LogP contribution in [0, 0.1) is 0 Å². The van der Waals surface area contributed by atoms with Crippen LogP contribution in [-0.2, 0) is 4.74 Å². The minimum absolute atomic E-state index is 0.00678. The van der Waals surface area contributed by atoms with E-state index in [1.165, 1.54) is 25.3 Å². The maximum Gasteiger partial charge on any atom is 0.422 e. The molecule has 0 saturated carbocycles. The van der Waals surface area contributed by atoms with Crippen LogP contribution in [-0.4, -0.2) is 25.9 Å². The van der Waals surface area contributed by atoms with Crippen LogP contribution in [0.15, 0.2) is 33.5 Å². The average Bonchev–Trinajstić information content (AvgIpc) is 2.43. The molecule has 2 rings (SSSR count). The molecule has 0 spiro atoms. The number of methoxy groups -OCH3 is 1. The number of rotatable bonds is 3. The van der Waals surface area contributed by atoms with Crippen molar-refractivity contribution in [2.75, 3.05) is 13.7 Å². The molecule has 5 nitrogen and oxygen atoms in total. The molecular weight excluding hydrogens is 293 g/mol. The number of alkyl halides is 3. The van der Waals surface area contributed by atoms with Crippen LogP contribution < -0.4 is 10.2 Å². The summed E-state index contributed by atoms with van der Waals surface area (Å²) in [6.45, 7) is -1.57. The highest BCUT2D eigenvalue weighted by molar-refractivity contribution is 5.93. The van der Waals surface area contributed by atoms with Gasteiger partial charge in [0.2, 0.25) is 0 Å². The van der Waals surface area contributed by atoms with Crippen molar-refractivity contribution in [3.63, 3.8) is 0 Å². The van der Waals surface area contributed by atoms with Crippen molar-refractivity contribution >= 4 is 16.9 Å². The van der Waals surface area contributed by atoms with E-state index in [2.05, 4.69) is 9.47 Å². The SMILES string of the molecule is COC(=O)c1ccc2oc(OCC(F)(F)F)cc(=O)c2c1. The lowest BCUT2D eigenvalue weighted by atomic mass is 10.1. The highest BCUT2D eigenvalue weighted by atomic mass is 19.4.